The molecular formula is C23H18O2. The third-order valence-electron chi connectivity index (χ3n) is 5.05. The number of hydrogen-bond acceptors (Lipinski definition) is 2. The van der Waals surface area contributed by atoms with Crippen LogP contribution in [0.1, 0.15) is 29.9 Å². The number of rotatable bonds is 3. The molecule has 0 amide bonds. The number of ether oxygens (including phenoxy) is 1. The molecule has 3 aromatic rings. The van der Waals surface area contributed by atoms with E-state index >= 15 is 0 Å². The monoisotopic (exact) mass is 326 g/mol. The third-order valence-corrected chi connectivity index (χ3v) is 5.05. The van der Waals surface area contributed by atoms with Crippen LogP contribution in [0.2, 0.25) is 0 Å². The molecule has 1 saturated carbocycles. The summed E-state index contributed by atoms with van der Waals surface area (Å²) in [6.07, 6.45) is 7.47. The van der Waals surface area contributed by atoms with Crippen LogP contribution in [0.25, 0.3) is 10.8 Å². The maximum atomic E-state index is 12.7. The number of terminal acetylenes is 1. The Hall–Kier alpha value is -3.05. The summed E-state index contributed by atoms with van der Waals surface area (Å²) < 4.78 is 5.78. The molecule has 2 nitrogen and oxygen atoms in total. The smallest absolute Gasteiger partial charge is 0.314 e. The minimum absolute atomic E-state index is 0.0755. The van der Waals surface area contributed by atoms with Gasteiger partial charge in [0.15, 0.2) is 0 Å². The van der Waals surface area contributed by atoms with E-state index in [1.54, 1.807) is 0 Å². The van der Waals surface area contributed by atoms with Crippen molar-refractivity contribution in [2.24, 2.45) is 5.92 Å². The first-order chi connectivity index (χ1) is 12.3. The van der Waals surface area contributed by atoms with Crippen LogP contribution in [0.15, 0.2) is 66.7 Å². The largest absolute Gasteiger partial charge is 0.426 e. The summed E-state index contributed by atoms with van der Waals surface area (Å²) in [5.74, 6) is 3.29. The number of fused-ring (bicyclic) bond motifs is 1. The van der Waals surface area contributed by atoms with Gasteiger partial charge in [0, 0.05) is 16.3 Å². The number of carbonyl (C=O) groups excluding carboxylic acids is 1. The summed E-state index contributed by atoms with van der Waals surface area (Å²) in [7, 11) is 0. The van der Waals surface area contributed by atoms with Gasteiger partial charge in [-0.1, -0.05) is 60.5 Å². The van der Waals surface area contributed by atoms with Crippen LogP contribution in [-0.2, 0) is 4.79 Å². The van der Waals surface area contributed by atoms with Crippen LogP contribution in [0.3, 0.4) is 0 Å². The second-order valence-electron chi connectivity index (χ2n) is 6.42. The average molecular weight is 326 g/mol. The van der Waals surface area contributed by atoms with Crippen molar-refractivity contribution in [1.82, 2.24) is 0 Å². The highest BCUT2D eigenvalue weighted by Crippen LogP contribution is 2.43. The zero-order valence-electron chi connectivity index (χ0n) is 13.8. The van der Waals surface area contributed by atoms with Gasteiger partial charge in [0.2, 0.25) is 0 Å². The normalized spacial score (nSPS) is 19.0. The Kier molecular flexibility index (Phi) is 3.99. The average Bonchev–Trinajstić information content (AvgIpc) is 2.61. The SMILES string of the molecule is C#Cc1cccc2c(OC(=O)[C@@H]3CCC3c3ccccc3)cccc12. The molecule has 0 spiro atoms. The van der Waals surface area contributed by atoms with Crippen molar-refractivity contribution in [3.8, 4) is 18.1 Å². The zero-order valence-corrected chi connectivity index (χ0v) is 13.8. The van der Waals surface area contributed by atoms with Crippen LogP contribution >= 0.6 is 0 Å². The second-order valence-corrected chi connectivity index (χ2v) is 6.42. The minimum atomic E-state index is -0.154. The molecule has 0 saturated heterocycles. The van der Waals surface area contributed by atoms with Crippen molar-refractivity contribution in [3.05, 3.63) is 77.9 Å². The summed E-state index contributed by atoms with van der Waals surface area (Å²) in [5, 5.41) is 1.81. The highest BCUT2D eigenvalue weighted by Gasteiger charge is 2.38. The first kappa shape index (κ1) is 15.5. The summed E-state index contributed by atoms with van der Waals surface area (Å²) >= 11 is 0. The fourth-order valence-electron chi connectivity index (χ4n) is 3.56. The standard InChI is InChI=1S/C23H18O2/c1-2-16-10-6-12-20-18(16)11-7-13-22(20)25-23(24)21-15-14-19(21)17-8-4-3-5-9-17/h1,3-13,19,21H,14-15H2/t19?,21-/m1/s1. The molecule has 4 rings (SSSR count). The van der Waals surface area contributed by atoms with E-state index in [4.69, 9.17) is 11.2 Å². The van der Waals surface area contributed by atoms with Crippen molar-refractivity contribution in [1.29, 1.82) is 0 Å². The predicted octanol–water partition coefficient (Wildman–Crippen LogP) is 4.92. The summed E-state index contributed by atoms with van der Waals surface area (Å²) in [5.41, 5.74) is 2.02. The van der Waals surface area contributed by atoms with Crippen LogP contribution in [0, 0.1) is 18.3 Å². The van der Waals surface area contributed by atoms with Crippen LogP contribution < -0.4 is 4.74 Å². The highest BCUT2D eigenvalue weighted by atomic mass is 16.5. The first-order valence-electron chi connectivity index (χ1n) is 8.53. The lowest BCUT2D eigenvalue weighted by Gasteiger charge is -2.35. The van der Waals surface area contributed by atoms with Gasteiger partial charge in [-0.15, -0.1) is 6.42 Å². The molecule has 1 unspecified atom stereocenters. The topological polar surface area (TPSA) is 26.3 Å². The molecule has 0 aliphatic heterocycles. The van der Waals surface area contributed by atoms with E-state index in [1.807, 2.05) is 54.6 Å². The van der Waals surface area contributed by atoms with E-state index < -0.39 is 0 Å². The Bertz CT molecular complexity index is 966. The Labute approximate surface area is 147 Å². The second kappa shape index (κ2) is 6.45. The molecule has 0 radical (unpaired) electrons. The third kappa shape index (κ3) is 2.79. The van der Waals surface area contributed by atoms with Crippen LogP contribution in [-0.4, -0.2) is 5.97 Å². The summed E-state index contributed by atoms with van der Waals surface area (Å²) in [6, 6.07) is 21.6. The summed E-state index contributed by atoms with van der Waals surface area (Å²) in [6.45, 7) is 0. The van der Waals surface area contributed by atoms with Gasteiger partial charge in [-0.3, -0.25) is 4.79 Å². The van der Waals surface area contributed by atoms with Gasteiger partial charge in [0.25, 0.3) is 0 Å². The zero-order chi connectivity index (χ0) is 17.2. The van der Waals surface area contributed by atoms with E-state index in [1.165, 1.54) is 5.56 Å². The van der Waals surface area contributed by atoms with Gasteiger partial charge in [-0.05, 0) is 36.5 Å². The minimum Gasteiger partial charge on any atom is -0.426 e. The van der Waals surface area contributed by atoms with Gasteiger partial charge in [0.1, 0.15) is 5.75 Å². The fourth-order valence-corrected chi connectivity index (χ4v) is 3.56. The maximum absolute atomic E-state index is 12.7. The van der Waals surface area contributed by atoms with Gasteiger partial charge in [-0.25, -0.2) is 0 Å². The van der Waals surface area contributed by atoms with Crippen molar-refractivity contribution in [2.75, 3.05) is 0 Å². The molecule has 2 heteroatoms. The molecule has 0 bridgehead atoms. The highest BCUT2D eigenvalue weighted by molar-refractivity contribution is 5.94. The quantitative estimate of drug-likeness (QED) is 0.388. The number of esters is 1. The lowest BCUT2D eigenvalue weighted by molar-refractivity contribution is -0.142. The van der Waals surface area contributed by atoms with Gasteiger partial charge in [0.05, 0.1) is 5.92 Å². The molecule has 2 atom stereocenters. The molecule has 3 aromatic carbocycles. The lowest BCUT2D eigenvalue weighted by atomic mass is 9.70. The molecule has 0 aromatic heterocycles. The van der Waals surface area contributed by atoms with Gasteiger partial charge < -0.3 is 4.74 Å². The van der Waals surface area contributed by atoms with Crippen LogP contribution in [0.4, 0.5) is 0 Å². The Morgan fingerprint density at radius 3 is 2.40 bits per heavy atom. The molecule has 1 aliphatic carbocycles. The van der Waals surface area contributed by atoms with Crippen molar-refractivity contribution < 1.29 is 9.53 Å². The fraction of sp³-hybridized carbons (Fsp3) is 0.174. The number of benzene rings is 3. The number of hydrogen-bond donors (Lipinski definition) is 0. The van der Waals surface area contributed by atoms with E-state index in [9.17, 15) is 4.79 Å². The molecule has 0 heterocycles. The Balaban J connectivity index is 1.60. The van der Waals surface area contributed by atoms with E-state index in [0.717, 1.165) is 29.2 Å². The van der Waals surface area contributed by atoms with E-state index in [-0.39, 0.29) is 17.8 Å². The first-order valence-corrected chi connectivity index (χ1v) is 8.53. The van der Waals surface area contributed by atoms with Crippen LogP contribution in [0.5, 0.6) is 5.75 Å². The maximum Gasteiger partial charge on any atom is 0.314 e. The Morgan fingerprint density at radius 2 is 1.68 bits per heavy atom. The number of carbonyl (C=O) groups is 1. The van der Waals surface area contributed by atoms with Gasteiger partial charge in [-0.2, -0.15) is 0 Å². The molecule has 1 fully saturated rings. The molecule has 122 valence electrons. The lowest BCUT2D eigenvalue weighted by Crippen LogP contribution is -2.34. The molecule has 1 aliphatic rings. The molecule has 25 heavy (non-hydrogen) atoms. The predicted molar refractivity (Wildman–Crippen MR) is 99.4 cm³/mol. The summed E-state index contributed by atoms with van der Waals surface area (Å²) in [4.78, 5) is 12.7. The van der Waals surface area contributed by atoms with E-state index in [2.05, 4.69) is 18.1 Å². The molecule has 0 N–H and O–H groups in total. The molecular weight excluding hydrogens is 308 g/mol. The van der Waals surface area contributed by atoms with Crippen molar-refractivity contribution in [2.45, 2.75) is 18.8 Å². The van der Waals surface area contributed by atoms with E-state index in [0.29, 0.717) is 5.75 Å². The van der Waals surface area contributed by atoms with Gasteiger partial charge >= 0.3 is 5.97 Å². The van der Waals surface area contributed by atoms with Crippen molar-refractivity contribution >= 4 is 16.7 Å². The van der Waals surface area contributed by atoms with Crippen molar-refractivity contribution in [3.63, 3.8) is 0 Å². The Morgan fingerprint density at radius 1 is 0.920 bits per heavy atom.